The highest BCUT2D eigenvalue weighted by atomic mass is 16.5. The van der Waals surface area contributed by atoms with Gasteiger partial charge in [-0.05, 0) is 24.6 Å². The molecule has 1 aliphatic heterocycles. The van der Waals surface area contributed by atoms with Crippen molar-refractivity contribution in [3.05, 3.63) is 35.5 Å². The Bertz CT molecular complexity index is 699. The van der Waals surface area contributed by atoms with Gasteiger partial charge in [0.2, 0.25) is 5.91 Å². The van der Waals surface area contributed by atoms with Gasteiger partial charge in [-0.2, -0.15) is 0 Å². The van der Waals surface area contributed by atoms with Crippen LogP contribution in [0.1, 0.15) is 5.56 Å². The summed E-state index contributed by atoms with van der Waals surface area (Å²) >= 11 is 0. The quantitative estimate of drug-likeness (QED) is 0.617. The summed E-state index contributed by atoms with van der Waals surface area (Å²) < 4.78 is 4.75. The molecule has 8 heteroatoms. The monoisotopic (exact) mass is 333 g/mol. The highest BCUT2D eigenvalue weighted by molar-refractivity contribution is 6.17. The van der Waals surface area contributed by atoms with Crippen LogP contribution in [0.5, 0.6) is 0 Å². The number of aliphatic hydroxyl groups excluding tert-OH is 1. The minimum atomic E-state index is -0.498. The summed E-state index contributed by atoms with van der Waals surface area (Å²) in [5, 5.41) is 14.5. The summed E-state index contributed by atoms with van der Waals surface area (Å²) in [4.78, 5) is 36.4. The van der Waals surface area contributed by atoms with E-state index in [1.807, 2.05) is 6.92 Å². The second kappa shape index (κ2) is 7.71. The zero-order valence-electron chi connectivity index (χ0n) is 13.5. The molecule has 128 valence electrons. The molecule has 1 heterocycles. The Balaban J connectivity index is 2.15. The van der Waals surface area contributed by atoms with E-state index in [9.17, 15) is 14.4 Å². The smallest absolute Gasteiger partial charge is 0.277 e. The first kappa shape index (κ1) is 17.6. The second-order valence-corrected chi connectivity index (χ2v) is 5.21. The summed E-state index contributed by atoms with van der Waals surface area (Å²) in [7, 11) is 1.43. The molecule has 0 atom stereocenters. The van der Waals surface area contributed by atoms with Crippen molar-refractivity contribution in [1.82, 2.24) is 4.90 Å². The van der Waals surface area contributed by atoms with Crippen LogP contribution in [-0.2, 0) is 19.1 Å². The summed E-state index contributed by atoms with van der Waals surface area (Å²) in [5.41, 5.74) is 2.08. The van der Waals surface area contributed by atoms with Crippen LogP contribution in [0.4, 0.5) is 11.4 Å². The first-order valence-corrected chi connectivity index (χ1v) is 7.31. The number of benzene rings is 1. The molecule has 3 amide bonds. The fraction of sp³-hybridized carbons (Fsp3) is 0.312. The van der Waals surface area contributed by atoms with Gasteiger partial charge in [0.05, 0.1) is 13.2 Å². The fourth-order valence-electron chi connectivity index (χ4n) is 2.22. The molecule has 1 aromatic carbocycles. The molecule has 0 bridgehead atoms. The molecular formula is C16H19N3O5. The Kier molecular flexibility index (Phi) is 5.67. The van der Waals surface area contributed by atoms with E-state index in [0.717, 1.165) is 10.5 Å². The average Bonchev–Trinajstić information content (AvgIpc) is 2.79. The lowest BCUT2D eigenvalue weighted by molar-refractivity contribution is -0.137. The van der Waals surface area contributed by atoms with Gasteiger partial charge in [-0.25, -0.2) is 0 Å². The summed E-state index contributed by atoms with van der Waals surface area (Å²) in [5.74, 6) is -1.27. The van der Waals surface area contributed by atoms with Crippen LogP contribution in [0.25, 0.3) is 0 Å². The Morgan fingerprint density at radius 1 is 1.33 bits per heavy atom. The third-order valence-electron chi connectivity index (χ3n) is 3.40. The lowest BCUT2D eigenvalue weighted by atomic mass is 10.1. The number of nitrogens with zero attached hydrogens (tertiary/aromatic N) is 1. The first-order valence-electron chi connectivity index (χ1n) is 7.31. The molecule has 1 aromatic rings. The molecule has 0 fully saturated rings. The highest BCUT2D eigenvalue weighted by Gasteiger charge is 2.30. The Morgan fingerprint density at radius 3 is 2.75 bits per heavy atom. The Labute approximate surface area is 139 Å². The van der Waals surface area contributed by atoms with Crippen LogP contribution >= 0.6 is 0 Å². The summed E-state index contributed by atoms with van der Waals surface area (Å²) in [6.07, 6.45) is 1.19. The van der Waals surface area contributed by atoms with E-state index in [2.05, 4.69) is 10.6 Å². The molecule has 2 rings (SSSR count). The molecule has 0 aromatic heterocycles. The van der Waals surface area contributed by atoms with Crippen molar-refractivity contribution in [2.75, 3.05) is 37.5 Å². The third-order valence-corrected chi connectivity index (χ3v) is 3.40. The normalized spacial score (nSPS) is 14.0. The number of amides is 3. The molecule has 24 heavy (non-hydrogen) atoms. The number of imide groups is 1. The number of β-amino-alcohol motifs (C(OH)–C–C–N with tert-alkyl or cyclic N) is 1. The van der Waals surface area contributed by atoms with E-state index < -0.39 is 11.8 Å². The number of rotatable bonds is 7. The molecule has 0 unspecified atom stereocenters. The van der Waals surface area contributed by atoms with Crippen LogP contribution < -0.4 is 10.6 Å². The number of hydrogen-bond acceptors (Lipinski definition) is 6. The molecule has 0 spiro atoms. The Morgan fingerprint density at radius 2 is 2.08 bits per heavy atom. The van der Waals surface area contributed by atoms with Gasteiger partial charge >= 0.3 is 0 Å². The van der Waals surface area contributed by atoms with Gasteiger partial charge in [0.25, 0.3) is 11.8 Å². The van der Waals surface area contributed by atoms with Gasteiger partial charge in [-0.3, -0.25) is 19.3 Å². The van der Waals surface area contributed by atoms with Crippen LogP contribution in [0.15, 0.2) is 30.0 Å². The average molecular weight is 333 g/mol. The van der Waals surface area contributed by atoms with Gasteiger partial charge in [0.15, 0.2) is 0 Å². The third kappa shape index (κ3) is 3.98. The molecule has 0 saturated carbocycles. The molecule has 3 N–H and O–H groups in total. The number of methoxy groups -OCH3 is 1. The predicted octanol–water partition coefficient (Wildman–Crippen LogP) is 0.237. The van der Waals surface area contributed by atoms with Gasteiger partial charge < -0.3 is 20.5 Å². The summed E-state index contributed by atoms with van der Waals surface area (Å²) in [6.45, 7) is 1.42. The predicted molar refractivity (Wildman–Crippen MR) is 87.2 cm³/mol. The van der Waals surface area contributed by atoms with Crippen molar-refractivity contribution in [2.45, 2.75) is 6.92 Å². The van der Waals surface area contributed by atoms with Crippen LogP contribution in [0.2, 0.25) is 0 Å². The maximum Gasteiger partial charge on any atom is 0.277 e. The molecule has 0 radical (unpaired) electrons. The number of aliphatic hydroxyl groups is 1. The molecule has 8 nitrogen and oxygen atoms in total. The lowest BCUT2D eigenvalue weighted by Crippen LogP contribution is -2.34. The van der Waals surface area contributed by atoms with E-state index in [1.54, 1.807) is 18.2 Å². The van der Waals surface area contributed by atoms with Crippen molar-refractivity contribution in [3.8, 4) is 0 Å². The maximum absolute atomic E-state index is 12.1. The summed E-state index contributed by atoms with van der Waals surface area (Å²) in [6, 6.07) is 5.16. The van der Waals surface area contributed by atoms with Crippen molar-refractivity contribution in [3.63, 3.8) is 0 Å². The lowest BCUT2D eigenvalue weighted by Gasteiger charge is -2.15. The fourth-order valence-corrected chi connectivity index (χ4v) is 2.22. The van der Waals surface area contributed by atoms with Crippen LogP contribution in [0.3, 0.4) is 0 Å². The molecule has 0 aliphatic carbocycles. The number of anilines is 2. The zero-order valence-corrected chi connectivity index (χ0v) is 13.5. The molecule has 0 saturated heterocycles. The zero-order chi connectivity index (χ0) is 17.7. The largest absolute Gasteiger partial charge is 0.395 e. The van der Waals surface area contributed by atoms with E-state index >= 15 is 0 Å². The van der Waals surface area contributed by atoms with E-state index in [1.165, 1.54) is 13.2 Å². The van der Waals surface area contributed by atoms with Crippen LogP contribution in [0, 0.1) is 6.92 Å². The van der Waals surface area contributed by atoms with E-state index in [4.69, 9.17) is 9.84 Å². The van der Waals surface area contributed by atoms with Gasteiger partial charge in [0.1, 0.15) is 12.3 Å². The van der Waals surface area contributed by atoms with Crippen molar-refractivity contribution in [2.24, 2.45) is 0 Å². The van der Waals surface area contributed by atoms with Gasteiger partial charge in [-0.15, -0.1) is 0 Å². The van der Waals surface area contributed by atoms with Crippen molar-refractivity contribution >= 4 is 29.1 Å². The second-order valence-electron chi connectivity index (χ2n) is 5.21. The number of ether oxygens (including phenoxy) is 1. The minimum Gasteiger partial charge on any atom is -0.395 e. The SMILES string of the molecule is COCC(=O)Nc1ccc(C)c(NC2=CC(=O)N(CCO)C2=O)c1. The maximum atomic E-state index is 12.1. The Hall–Kier alpha value is -2.71. The molecule has 1 aliphatic rings. The van der Waals surface area contributed by atoms with Crippen molar-refractivity contribution < 1.29 is 24.2 Å². The van der Waals surface area contributed by atoms with E-state index in [-0.39, 0.29) is 31.4 Å². The topological polar surface area (TPSA) is 108 Å². The number of nitrogens with one attached hydrogen (secondary N) is 2. The van der Waals surface area contributed by atoms with Gasteiger partial charge in [0, 0.05) is 24.6 Å². The molecular weight excluding hydrogens is 314 g/mol. The number of hydrogen-bond donors (Lipinski definition) is 3. The minimum absolute atomic E-state index is 0.0502. The number of aryl methyl sites for hydroxylation is 1. The number of carbonyl (C=O) groups excluding carboxylic acids is 3. The number of carbonyl (C=O) groups is 3. The van der Waals surface area contributed by atoms with Crippen LogP contribution in [-0.4, -0.2) is 54.6 Å². The van der Waals surface area contributed by atoms with Gasteiger partial charge in [-0.1, -0.05) is 6.07 Å². The van der Waals surface area contributed by atoms with E-state index in [0.29, 0.717) is 11.4 Å². The first-order chi connectivity index (χ1) is 11.5. The highest BCUT2D eigenvalue weighted by Crippen LogP contribution is 2.24. The standard InChI is InChI=1S/C16H19N3O5/c1-10-3-4-11(17-14(21)9-24-2)7-12(10)18-13-8-15(22)19(5-6-20)16(13)23/h3-4,7-8,18,20H,5-6,9H2,1-2H3,(H,17,21). The van der Waals surface area contributed by atoms with Crippen molar-refractivity contribution in [1.29, 1.82) is 0 Å².